The molecule has 4 rings (SSSR count). The van der Waals surface area contributed by atoms with Gasteiger partial charge in [-0.1, -0.05) is 24.3 Å². The molecule has 24 heavy (non-hydrogen) atoms. The quantitative estimate of drug-likeness (QED) is 0.798. The molecule has 1 aliphatic carbocycles. The molecule has 0 saturated carbocycles. The van der Waals surface area contributed by atoms with E-state index >= 15 is 0 Å². The van der Waals surface area contributed by atoms with Gasteiger partial charge in [0.05, 0.1) is 16.9 Å². The number of carbonyl (C=O) groups excluding carboxylic acids is 1. The Morgan fingerprint density at radius 1 is 1.21 bits per heavy atom. The molecule has 0 radical (unpaired) electrons. The Balaban J connectivity index is 1.74. The van der Waals surface area contributed by atoms with Crippen LogP contribution in [-0.4, -0.2) is 26.9 Å². The number of hydrogen-bond acceptors (Lipinski definition) is 3. The van der Waals surface area contributed by atoms with Gasteiger partial charge in [0.2, 0.25) is 5.91 Å². The third-order valence-corrected chi connectivity index (χ3v) is 5.21. The number of amides is 1. The molecule has 2 aromatic rings. The summed E-state index contributed by atoms with van der Waals surface area (Å²) in [6.45, 7) is 0.753. The minimum Gasteiger partial charge on any atom is -0.332 e. The molecule has 1 saturated heterocycles. The molecule has 1 aliphatic heterocycles. The second-order valence-corrected chi connectivity index (χ2v) is 6.68. The third-order valence-electron chi connectivity index (χ3n) is 5.21. The molecular weight excluding hydrogens is 302 g/mol. The van der Waals surface area contributed by atoms with Gasteiger partial charge in [0.1, 0.15) is 5.82 Å². The first-order valence-electron chi connectivity index (χ1n) is 8.58. The van der Waals surface area contributed by atoms with E-state index in [1.54, 1.807) is 17.7 Å². The van der Waals surface area contributed by atoms with Crippen LogP contribution < -0.4 is 5.56 Å². The van der Waals surface area contributed by atoms with Gasteiger partial charge in [0.15, 0.2) is 0 Å². The highest BCUT2D eigenvalue weighted by atomic mass is 16.2. The number of carbonyl (C=O) groups is 1. The molecule has 1 amide bonds. The Bertz CT molecular complexity index is 876. The van der Waals surface area contributed by atoms with Crippen molar-refractivity contribution in [3.63, 3.8) is 0 Å². The SMILES string of the molecule is Cn1c(C2CCCN2C(=O)C2CC=CC2)nc2ccccc2c1=O. The Labute approximate surface area is 140 Å². The summed E-state index contributed by atoms with van der Waals surface area (Å²) in [5.41, 5.74) is 0.662. The van der Waals surface area contributed by atoms with E-state index in [0.29, 0.717) is 16.7 Å². The summed E-state index contributed by atoms with van der Waals surface area (Å²) < 4.78 is 1.62. The first kappa shape index (κ1) is 15.1. The lowest BCUT2D eigenvalue weighted by Crippen LogP contribution is -2.37. The van der Waals surface area contributed by atoms with Gasteiger partial charge in [-0.15, -0.1) is 0 Å². The fraction of sp³-hybridized carbons (Fsp3) is 0.421. The molecule has 1 fully saturated rings. The van der Waals surface area contributed by atoms with E-state index in [4.69, 9.17) is 4.98 Å². The summed E-state index contributed by atoms with van der Waals surface area (Å²) in [5.74, 6) is 0.962. The number of fused-ring (bicyclic) bond motifs is 1. The minimum atomic E-state index is -0.0968. The normalized spacial score (nSPS) is 21.0. The van der Waals surface area contributed by atoms with Gasteiger partial charge >= 0.3 is 0 Å². The Kier molecular flexibility index (Phi) is 3.71. The fourth-order valence-corrected chi connectivity index (χ4v) is 3.89. The molecule has 0 spiro atoms. The van der Waals surface area contributed by atoms with E-state index in [1.807, 2.05) is 23.1 Å². The summed E-state index contributed by atoms with van der Waals surface area (Å²) >= 11 is 0. The van der Waals surface area contributed by atoms with Gasteiger partial charge in [-0.25, -0.2) is 4.98 Å². The highest BCUT2D eigenvalue weighted by Crippen LogP contribution is 2.34. The molecule has 2 heterocycles. The van der Waals surface area contributed by atoms with E-state index in [0.717, 1.165) is 32.2 Å². The highest BCUT2D eigenvalue weighted by Gasteiger charge is 2.36. The van der Waals surface area contributed by atoms with E-state index in [1.165, 1.54) is 0 Å². The monoisotopic (exact) mass is 323 g/mol. The molecule has 124 valence electrons. The van der Waals surface area contributed by atoms with E-state index in [2.05, 4.69) is 12.2 Å². The van der Waals surface area contributed by atoms with Gasteiger partial charge in [0, 0.05) is 19.5 Å². The zero-order valence-electron chi connectivity index (χ0n) is 13.8. The van der Waals surface area contributed by atoms with Crippen molar-refractivity contribution in [2.75, 3.05) is 6.54 Å². The molecule has 0 bridgehead atoms. The molecule has 1 aromatic heterocycles. The Hall–Kier alpha value is -2.43. The molecule has 1 aromatic carbocycles. The first-order valence-corrected chi connectivity index (χ1v) is 8.58. The van der Waals surface area contributed by atoms with Crippen LogP contribution in [-0.2, 0) is 11.8 Å². The van der Waals surface area contributed by atoms with Crippen LogP contribution in [0.25, 0.3) is 10.9 Å². The topological polar surface area (TPSA) is 55.2 Å². The molecule has 0 N–H and O–H groups in total. The van der Waals surface area contributed by atoms with Gasteiger partial charge in [-0.3, -0.25) is 14.2 Å². The maximum atomic E-state index is 12.9. The zero-order chi connectivity index (χ0) is 16.7. The van der Waals surface area contributed by atoms with Crippen molar-refractivity contribution in [3.8, 4) is 0 Å². The predicted octanol–water partition coefficient (Wildman–Crippen LogP) is 2.56. The number of rotatable bonds is 2. The number of allylic oxidation sites excluding steroid dienone is 2. The number of likely N-dealkylation sites (tertiary alicyclic amines) is 1. The summed E-state index contributed by atoms with van der Waals surface area (Å²) in [6, 6.07) is 7.31. The summed E-state index contributed by atoms with van der Waals surface area (Å²) in [7, 11) is 1.76. The molecule has 5 nitrogen and oxygen atoms in total. The van der Waals surface area contributed by atoms with Crippen LogP contribution in [0.15, 0.2) is 41.2 Å². The van der Waals surface area contributed by atoms with Gasteiger partial charge in [-0.2, -0.15) is 0 Å². The van der Waals surface area contributed by atoms with Crippen molar-refractivity contribution in [1.29, 1.82) is 0 Å². The van der Waals surface area contributed by atoms with Crippen LogP contribution in [0.4, 0.5) is 0 Å². The smallest absolute Gasteiger partial charge is 0.261 e. The molecule has 5 heteroatoms. The number of nitrogens with zero attached hydrogens (tertiary/aromatic N) is 3. The van der Waals surface area contributed by atoms with Crippen LogP contribution in [0.3, 0.4) is 0 Å². The number of hydrogen-bond donors (Lipinski definition) is 0. The second kappa shape index (κ2) is 5.89. The number of aromatic nitrogens is 2. The summed E-state index contributed by atoms with van der Waals surface area (Å²) in [5, 5.41) is 0.625. The van der Waals surface area contributed by atoms with Crippen molar-refractivity contribution in [1.82, 2.24) is 14.5 Å². The molecule has 1 unspecified atom stereocenters. The lowest BCUT2D eigenvalue weighted by atomic mass is 10.0. The van der Waals surface area contributed by atoms with Crippen molar-refractivity contribution in [2.45, 2.75) is 31.7 Å². The predicted molar refractivity (Wildman–Crippen MR) is 92.5 cm³/mol. The van der Waals surface area contributed by atoms with Gasteiger partial charge < -0.3 is 4.90 Å². The minimum absolute atomic E-state index is 0.0440. The van der Waals surface area contributed by atoms with Crippen LogP contribution in [0, 0.1) is 5.92 Å². The van der Waals surface area contributed by atoms with E-state index < -0.39 is 0 Å². The lowest BCUT2D eigenvalue weighted by molar-refractivity contribution is -0.136. The first-order chi connectivity index (χ1) is 11.7. The summed E-state index contributed by atoms with van der Waals surface area (Å²) in [6.07, 6.45) is 7.64. The maximum absolute atomic E-state index is 12.9. The van der Waals surface area contributed by atoms with Crippen molar-refractivity contribution < 1.29 is 4.79 Å². The lowest BCUT2D eigenvalue weighted by Gasteiger charge is -2.28. The Morgan fingerprint density at radius 3 is 2.75 bits per heavy atom. The van der Waals surface area contributed by atoms with Crippen molar-refractivity contribution in [3.05, 3.63) is 52.6 Å². The van der Waals surface area contributed by atoms with E-state index in [9.17, 15) is 9.59 Å². The molecular formula is C19H21N3O2. The van der Waals surface area contributed by atoms with Crippen molar-refractivity contribution in [2.24, 2.45) is 13.0 Å². The molecule has 2 aliphatic rings. The van der Waals surface area contributed by atoms with Crippen LogP contribution in [0.5, 0.6) is 0 Å². The fourth-order valence-electron chi connectivity index (χ4n) is 3.89. The zero-order valence-corrected chi connectivity index (χ0v) is 13.8. The second-order valence-electron chi connectivity index (χ2n) is 6.68. The van der Waals surface area contributed by atoms with Gasteiger partial charge in [0.25, 0.3) is 5.56 Å². The average Bonchev–Trinajstić information content (AvgIpc) is 3.29. The largest absolute Gasteiger partial charge is 0.332 e. The number of para-hydroxylation sites is 1. The van der Waals surface area contributed by atoms with E-state index in [-0.39, 0.29) is 23.4 Å². The Morgan fingerprint density at radius 2 is 1.96 bits per heavy atom. The molecule has 1 atom stereocenters. The van der Waals surface area contributed by atoms with Gasteiger partial charge in [-0.05, 0) is 37.8 Å². The van der Waals surface area contributed by atoms with Crippen LogP contribution in [0.2, 0.25) is 0 Å². The average molecular weight is 323 g/mol. The van der Waals surface area contributed by atoms with Crippen LogP contribution in [0.1, 0.15) is 37.5 Å². The highest BCUT2D eigenvalue weighted by molar-refractivity contribution is 5.81. The maximum Gasteiger partial charge on any atom is 0.261 e. The van der Waals surface area contributed by atoms with Crippen LogP contribution >= 0.6 is 0 Å². The standard InChI is InChI=1S/C19H21N3O2/c1-21-17(20-15-10-5-4-9-14(15)19(21)24)16-11-6-12-22(16)18(23)13-7-2-3-8-13/h2-5,9-10,13,16H,6-8,11-12H2,1H3. The summed E-state index contributed by atoms with van der Waals surface area (Å²) in [4.78, 5) is 32.2. The number of benzene rings is 1. The third kappa shape index (κ3) is 2.35. The van der Waals surface area contributed by atoms with Crippen molar-refractivity contribution >= 4 is 16.8 Å².